The third-order valence-corrected chi connectivity index (χ3v) is 4.93. The molecule has 1 atom stereocenters. The first-order chi connectivity index (χ1) is 9.49. The SMILES string of the molecule is COC(=O)c1cc(N)ccc1S(=O)(=O)NC(C)C(C)(C)C. The lowest BCUT2D eigenvalue weighted by molar-refractivity contribution is 0.0596. The number of nitrogens with one attached hydrogen (secondary N) is 1. The van der Waals surface area contributed by atoms with Crippen LogP contribution in [-0.4, -0.2) is 27.5 Å². The van der Waals surface area contributed by atoms with Crippen LogP contribution < -0.4 is 10.5 Å². The maximum Gasteiger partial charge on any atom is 0.339 e. The molecule has 0 amide bonds. The van der Waals surface area contributed by atoms with Crippen LogP contribution in [0, 0.1) is 5.41 Å². The molecule has 7 heteroatoms. The van der Waals surface area contributed by atoms with Gasteiger partial charge in [-0.2, -0.15) is 0 Å². The summed E-state index contributed by atoms with van der Waals surface area (Å²) in [6.45, 7) is 7.53. The van der Waals surface area contributed by atoms with Crippen LogP contribution >= 0.6 is 0 Å². The number of nitrogens with two attached hydrogens (primary N) is 1. The zero-order chi connectivity index (χ0) is 16.4. The molecule has 6 nitrogen and oxygen atoms in total. The van der Waals surface area contributed by atoms with Crippen LogP contribution in [0.15, 0.2) is 23.1 Å². The fourth-order valence-corrected chi connectivity index (χ4v) is 3.15. The maximum atomic E-state index is 12.5. The summed E-state index contributed by atoms with van der Waals surface area (Å²) >= 11 is 0. The fourth-order valence-electron chi connectivity index (χ4n) is 1.52. The Morgan fingerprint density at radius 2 is 1.90 bits per heavy atom. The highest BCUT2D eigenvalue weighted by atomic mass is 32.2. The molecule has 0 bridgehead atoms. The number of sulfonamides is 1. The summed E-state index contributed by atoms with van der Waals surface area (Å²) in [5.74, 6) is -0.744. The average Bonchev–Trinajstić information content (AvgIpc) is 2.35. The minimum Gasteiger partial charge on any atom is -0.465 e. The van der Waals surface area contributed by atoms with Gasteiger partial charge < -0.3 is 10.5 Å². The van der Waals surface area contributed by atoms with E-state index in [0.29, 0.717) is 5.69 Å². The zero-order valence-electron chi connectivity index (χ0n) is 12.9. The van der Waals surface area contributed by atoms with E-state index < -0.39 is 16.0 Å². The van der Waals surface area contributed by atoms with Crippen LogP contribution in [0.1, 0.15) is 38.1 Å². The van der Waals surface area contributed by atoms with E-state index in [0.717, 1.165) is 0 Å². The smallest absolute Gasteiger partial charge is 0.339 e. The van der Waals surface area contributed by atoms with E-state index in [1.165, 1.54) is 25.3 Å². The van der Waals surface area contributed by atoms with Crippen LogP contribution in [-0.2, 0) is 14.8 Å². The van der Waals surface area contributed by atoms with Crippen molar-refractivity contribution in [2.45, 2.75) is 38.6 Å². The number of carbonyl (C=O) groups excluding carboxylic acids is 1. The largest absolute Gasteiger partial charge is 0.465 e. The zero-order valence-corrected chi connectivity index (χ0v) is 13.7. The van der Waals surface area contributed by atoms with E-state index in [1.807, 2.05) is 20.8 Å². The van der Waals surface area contributed by atoms with E-state index in [2.05, 4.69) is 9.46 Å². The number of ether oxygens (including phenoxy) is 1. The average molecular weight is 314 g/mol. The summed E-state index contributed by atoms with van der Waals surface area (Å²) < 4.78 is 32.2. The second-order valence-electron chi connectivity index (χ2n) is 5.96. The Balaban J connectivity index is 3.29. The number of anilines is 1. The Morgan fingerprint density at radius 3 is 2.38 bits per heavy atom. The molecule has 0 fully saturated rings. The van der Waals surface area contributed by atoms with Gasteiger partial charge in [-0.15, -0.1) is 0 Å². The standard InChI is InChI=1S/C14H22N2O4S/c1-9(14(2,3)4)16-21(18,19)12-7-6-10(15)8-11(12)13(17)20-5/h6-9,16H,15H2,1-5H3. The van der Waals surface area contributed by atoms with E-state index in [4.69, 9.17) is 5.73 Å². The number of nitrogen functional groups attached to an aromatic ring is 1. The molecule has 1 aromatic rings. The summed E-state index contributed by atoms with van der Waals surface area (Å²) in [5, 5.41) is 0. The second kappa shape index (κ2) is 6.03. The molecule has 1 unspecified atom stereocenters. The molecule has 0 aliphatic carbocycles. The Bertz CT molecular complexity index is 633. The van der Waals surface area contributed by atoms with Gasteiger partial charge in [0.1, 0.15) is 0 Å². The van der Waals surface area contributed by atoms with Crippen LogP contribution in [0.4, 0.5) is 5.69 Å². The van der Waals surface area contributed by atoms with E-state index >= 15 is 0 Å². The predicted molar refractivity (Wildman–Crippen MR) is 81.4 cm³/mol. The van der Waals surface area contributed by atoms with E-state index in [1.54, 1.807) is 6.92 Å². The number of benzene rings is 1. The van der Waals surface area contributed by atoms with Gasteiger partial charge in [-0.3, -0.25) is 0 Å². The molecule has 1 rings (SSSR count). The van der Waals surface area contributed by atoms with Crippen LogP contribution in [0.25, 0.3) is 0 Å². The van der Waals surface area contributed by atoms with E-state index in [9.17, 15) is 13.2 Å². The first kappa shape index (κ1) is 17.5. The van der Waals surface area contributed by atoms with Gasteiger partial charge in [0, 0.05) is 11.7 Å². The molecule has 0 aromatic heterocycles. The molecule has 0 radical (unpaired) electrons. The molecule has 1 aromatic carbocycles. The molecule has 0 heterocycles. The molecule has 0 spiro atoms. The number of methoxy groups -OCH3 is 1. The third kappa shape index (κ3) is 4.18. The number of hydrogen-bond acceptors (Lipinski definition) is 5. The predicted octanol–water partition coefficient (Wildman–Crippen LogP) is 1.77. The second-order valence-corrected chi connectivity index (χ2v) is 7.64. The topological polar surface area (TPSA) is 98.5 Å². The highest BCUT2D eigenvalue weighted by Crippen LogP contribution is 2.24. The molecule has 0 aliphatic rings. The third-order valence-electron chi connectivity index (χ3n) is 3.33. The van der Waals surface area contributed by atoms with Crippen molar-refractivity contribution in [2.24, 2.45) is 5.41 Å². The molecule has 3 N–H and O–H groups in total. The van der Waals surface area contributed by atoms with Crippen molar-refractivity contribution in [2.75, 3.05) is 12.8 Å². The summed E-state index contributed by atoms with van der Waals surface area (Å²) in [7, 11) is -2.66. The Labute approximate surface area is 125 Å². The Kier molecular flexibility index (Phi) is 5.01. The van der Waals surface area contributed by atoms with Gasteiger partial charge >= 0.3 is 5.97 Å². The number of rotatable bonds is 4. The van der Waals surface area contributed by atoms with Crippen LogP contribution in [0.2, 0.25) is 0 Å². The molecule has 0 saturated heterocycles. The van der Waals surface area contributed by atoms with Gasteiger partial charge in [-0.25, -0.2) is 17.9 Å². The van der Waals surface area contributed by atoms with Crippen molar-refractivity contribution in [1.82, 2.24) is 4.72 Å². The summed E-state index contributed by atoms with van der Waals surface area (Å²) in [6, 6.07) is 3.72. The summed E-state index contributed by atoms with van der Waals surface area (Å²) in [5.41, 5.74) is 5.57. The number of carbonyl (C=O) groups is 1. The first-order valence-corrected chi connectivity index (χ1v) is 7.97. The lowest BCUT2D eigenvalue weighted by Crippen LogP contribution is -2.41. The quantitative estimate of drug-likeness (QED) is 0.652. The highest BCUT2D eigenvalue weighted by Gasteiger charge is 2.29. The lowest BCUT2D eigenvalue weighted by atomic mass is 9.89. The first-order valence-electron chi connectivity index (χ1n) is 6.49. The van der Waals surface area contributed by atoms with Crippen LogP contribution in [0.5, 0.6) is 0 Å². The van der Waals surface area contributed by atoms with Crippen molar-refractivity contribution in [1.29, 1.82) is 0 Å². The van der Waals surface area contributed by atoms with Gasteiger partial charge in [0.25, 0.3) is 0 Å². The number of hydrogen-bond donors (Lipinski definition) is 2. The Hall–Kier alpha value is -1.60. The summed E-state index contributed by atoms with van der Waals surface area (Å²) in [6.07, 6.45) is 0. The van der Waals surface area contributed by atoms with Gasteiger partial charge in [-0.05, 0) is 30.5 Å². The van der Waals surface area contributed by atoms with Crippen molar-refractivity contribution < 1.29 is 17.9 Å². The fraction of sp³-hybridized carbons (Fsp3) is 0.500. The van der Waals surface area contributed by atoms with Crippen molar-refractivity contribution in [3.63, 3.8) is 0 Å². The van der Waals surface area contributed by atoms with Crippen molar-refractivity contribution in [3.05, 3.63) is 23.8 Å². The van der Waals surface area contributed by atoms with Crippen LogP contribution in [0.3, 0.4) is 0 Å². The van der Waals surface area contributed by atoms with Gasteiger partial charge in [-0.1, -0.05) is 20.8 Å². The molecule has 0 saturated carbocycles. The van der Waals surface area contributed by atoms with Crippen molar-refractivity contribution in [3.8, 4) is 0 Å². The molecule has 118 valence electrons. The highest BCUT2D eigenvalue weighted by molar-refractivity contribution is 7.89. The number of esters is 1. The van der Waals surface area contributed by atoms with Gasteiger partial charge in [0.05, 0.1) is 17.6 Å². The molecule has 0 aliphatic heterocycles. The normalized spacial score (nSPS) is 13.8. The molecular formula is C14H22N2O4S. The monoisotopic (exact) mass is 314 g/mol. The maximum absolute atomic E-state index is 12.5. The van der Waals surface area contributed by atoms with Crippen molar-refractivity contribution >= 4 is 21.7 Å². The molecular weight excluding hydrogens is 292 g/mol. The van der Waals surface area contributed by atoms with E-state index in [-0.39, 0.29) is 21.9 Å². The molecule has 21 heavy (non-hydrogen) atoms. The Morgan fingerprint density at radius 1 is 1.33 bits per heavy atom. The van der Waals surface area contributed by atoms with Gasteiger partial charge in [0.15, 0.2) is 0 Å². The lowest BCUT2D eigenvalue weighted by Gasteiger charge is -2.28. The minimum absolute atomic E-state index is 0.0777. The minimum atomic E-state index is -3.85. The summed E-state index contributed by atoms with van der Waals surface area (Å²) in [4.78, 5) is 11.6. The van der Waals surface area contributed by atoms with Gasteiger partial charge in [0.2, 0.25) is 10.0 Å².